The predicted octanol–water partition coefficient (Wildman–Crippen LogP) is 3.34. The van der Waals surface area contributed by atoms with Crippen molar-refractivity contribution in [2.45, 2.75) is 25.9 Å². The molecule has 1 N–H and O–H groups in total. The first-order valence-electron chi connectivity index (χ1n) is 8.35. The Bertz CT molecular complexity index is 759. The number of halogens is 1. The molecule has 1 atom stereocenters. The van der Waals surface area contributed by atoms with Crippen LogP contribution in [0.25, 0.3) is 11.2 Å². The summed E-state index contributed by atoms with van der Waals surface area (Å²) < 4.78 is 18.2. The summed E-state index contributed by atoms with van der Waals surface area (Å²) in [4.78, 5) is 17.1. The molecular weight excluding hydrogens is 323 g/mol. The van der Waals surface area contributed by atoms with Crippen molar-refractivity contribution in [1.82, 2.24) is 10.4 Å². The predicted molar refractivity (Wildman–Crippen MR) is 92.4 cm³/mol. The van der Waals surface area contributed by atoms with E-state index in [0.717, 1.165) is 16.7 Å². The van der Waals surface area contributed by atoms with Gasteiger partial charge in [0.05, 0.1) is 13.2 Å². The lowest BCUT2D eigenvalue weighted by atomic mass is 10.2. The van der Waals surface area contributed by atoms with E-state index in [0.29, 0.717) is 26.1 Å². The number of carbonyl (C=O) groups excluding carboxylic acids is 1. The number of fused-ring (bicyclic) bond motifs is 2. The van der Waals surface area contributed by atoms with E-state index < -0.39 is 0 Å². The number of benzene rings is 2. The van der Waals surface area contributed by atoms with Crippen LogP contribution in [0.15, 0.2) is 52.9 Å². The molecule has 1 amide bonds. The second-order valence-corrected chi connectivity index (χ2v) is 5.79. The van der Waals surface area contributed by atoms with Crippen molar-refractivity contribution in [2.24, 2.45) is 0 Å². The molecule has 1 aliphatic heterocycles. The van der Waals surface area contributed by atoms with Crippen LogP contribution in [-0.2, 0) is 16.2 Å². The van der Waals surface area contributed by atoms with Gasteiger partial charge in [0, 0.05) is 6.54 Å². The van der Waals surface area contributed by atoms with E-state index in [1.54, 1.807) is 11.1 Å². The zero-order valence-corrected chi connectivity index (χ0v) is 14.1. The van der Waals surface area contributed by atoms with Gasteiger partial charge in [0.25, 0.3) is 0 Å². The Balaban J connectivity index is 0.000000213. The fourth-order valence-electron chi connectivity index (χ4n) is 2.79. The molecule has 4 rings (SSSR count). The molecule has 0 spiro atoms. The quantitative estimate of drug-likeness (QED) is 0.721. The molecule has 2 bridgehead atoms. The van der Waals surface area contributed by atoms with Crippen molar-refractivity contribution in [3.05, 3.63) is 59.9 Å². The third-order valence-corrected chi connectivity index (χ3v) is 3.95. The standard InChI is InChI=1S/C13H17FN2O2.C6H4O/c1-2-18-16(12-6-7-15-13(12)17)9-10-4-3-5-11(14)8-10;1-2-6-4-3-5(1)7-6/h3-5,8,12H,2,6-7,9H2,1H3,(H,15,17);1-4H. The van der Waals surface area contributed by atoms with Gasteiger partial charge < -0.3 is 9.73 Å². The molecule has 3 heterocycles. The summed E-state index contributed by atoms with van der Waals surface area (Å²) in [6.45, 7) is 3.42. The molecule has 1 fully saturated rings. The highest BCUT2D eigenvalue weighted by Gasteiger charge is 2.31. The van der Waals surface area contributed by atoms with Crippen LogP contribution in [0.4, 0.5) is 4.39 Å². The van der Waals surface area contributed by atoms with Crippen molar-refractivity contribution < 1.29 is 18.4 Å². The van der Waals surface area contributed by atoms with Crippen LogP contribution in [0, 0.1) is 5.82 Å². The molecule has 3 aromatic rings. The summed E-state index contributed by atoms with van der Waals surface area (Å²) in [6.07, 6.45) is 0.716. The van der Waals surface area contributed by atoms with E-state index in [9.17, 15) is 9.18 Å². The zero-order chi connectivity index (χ0) is 17.6. The molecule has 25 heavy (non-hydrogen) atoms. The number of carbonyl (C=O) groups is 1. The highest BCUT2D eigenvalue weighted by molar-refractivity contribution is 5.83. The third kappa shape index (κ3) is 4.55. The van der Waals surface area contributed by atoms with E-state index in [4.69, 9.17) is 9.25 Å². The number of hydrogen-bond donors (Lipinski definition) is 1. The summed E-state index contributed by atoms with van der Waals surface area (Å²) in [7, 11) is 0. The normalized spacial score (nSPS) is 16.9. The summed E-state index contributed by atoms with van der Waals surface area (Å²) in [5.74, 6) is -0.306. The molecule has 2 aromatic heterocycles. The molecule has 0 radical (unpaired) electrons. The Morgan fingerprint density at radius 1 is 1.24 bits per heavy atom. The van der Waals surface area contributed by atoms with Crippen LogP contribution < -0.4 is 5.32 Å². The summed E-state index contributed by atoms with van der Waals surface area (Å²) in [6, 6.07) is 13.9. The van der Waals surface area contributed by atoms with Gasteiger partial charge in [0.1, 0.15) is 23.0 Å². The third-order valence-electron chi connectivity index (χ3n) is 3.95. The van der Waals surface area contributed by atoms with Gasteiger partial charge in [-0.25, -0.2) is 4.39 Å². The number of nitrogens with one attached hydrogen (secondary N) is 1. The average Bonchev–Trinajstić information content (AvgIpc) is 3.33. The van der Waals surface area contributed by atoms with Gasteiger partial charge in [-0.1, -0.05) is 12.1 Å². The number of nitrogens with zero attached hydrogens (tertiary/aromatic N) is 1. The minimum absolute atomic E-state index is 0.0279. The maximum absolute atomic E-state index is 13.1. The Hall–Kier alpha value is -2.44. The van der Waals surface area contributed by atoms with Crippen molar-refractivity contribution in [2.75, 3.05) is 13.2 Å². The lowest BCUT2D eigenvalue weighted by Crippen LogP contribution is -2.40. The van der Waals surface area contributed by atoms with Gasteiger partial charge in [0.15, 0.2) is 0 Å². The van der Waals surface area contributed by atoms with E-state index in [2.05, 4.69) is 5.32 Å². The second kappa shape index (κ2) is 8.09. The van der Waals surface area contributed by atoms with Gasteiger partial charge in [-0.15, -0.1) is 0 Å². The largest absolute Gasteiger partial charge is 0.457 e. The number of hydroxylamine groups is 2. The van der Waals surface area contributed by atoms with E-state index in [1.165, 1.54) is 12.1 Å². The van der Waals surface area contributed by atoms with Crippen LogP contribution in [0.2, 0.25) is 0 Å². The first-order chi connectivity index (χ1) is 12.2. The average molecular weight is 344 g/mol. The fourth-order valence-corrected chi connectivity index (χ4v) is 2.79. The Morgan fingerprint density at radius 3 is 2.44 bits per heavy atom. The molecule has 1 aliphatic rings. The SMILES string of the molecule is CCON(Cc1cccc(F)c1)C1CCNC1=O.c1cc2ccc1o2. The van der Waals surface area contributed by atoms with Crippen LogP contribution in [0.1, 0.15) is 18.9 Å². The highest BCUT2D eigenvalue weighted by atomic mass is 19.1. The maximum Gasteiger partial charge on any atom is 0.239 e. The van der Waals surface area contributed by atoms with Gasteiger partial charge >= 0.3 is 0 Å². The van der Waals surface area contributed by atoms with E-state index in [-0.39, 0.29) is 17.8 Å². The first kappa shape index (κ1) is 17.4. The summed E-state index contributed by atoms with van der Waals surface area (Å²) in [5, 5.41) is 4.41. The second-order valence-electron chi connectivity index (χ2n) is 5.79. The van der Waals surface area contributed by atoms with E-state index >= 15 is 0 Å². The molecular formula is C19H21FN2O3. The molecule has 0 aliphatic carbocycles. The first-order valence-corrected chi connectivity index (χ1v) is 8.35. The Morgan fingerprint density at radius 2 is 1.96 bits per heavy atom. The maximum atomic E-state index is 13.1. The Labute approximate surface area is 145 Å². The van der Waals surface area contributed by atoms with Crippen LogP contribution in [-0.4, -0.2) is 30.2 Å². The van der Waals surface area contributed by atoms with Crippen molar-refractivity contribution in [3.8, 4) is 0 Å². The number of hydrogen-bond acceptors (Lipinski definition) is 4. The van der Waals surface area contributed by atoms with Gasteiger partial charge in [-0.05, 0) is 55.3 Å². The van der Waals surface area contributed by atoms with Crippen molar-refractivity contribution in [1.29, 1.82) is 0 Å². The van der Waals surface area contributed by atoms with Crippen molar-refractivity contribution in [3.63, 3.8) is 0 Å². The van der Waals surface area contributed by atoms with Crippen LogP contribution in [0.3, 0.4) is 0 Å². The monoisotopic (exact) mass is 344 g/mol. The molecule has 0 saturated carbocycles. The molecule has 1 aromatic carbocycles. The van der Waals surface area contributed by atoms with E-state index in [1.807, 2.05) is 37.3 Å². The minimum Gasteiger partial charge on any atom is -0.457 e. The Kier molecular flexibility index (Phi) is 5.63. The molecule has 6 heteroatoms. The summed E-state index contributed by atoms with van der Waals surface area (Å²) >= 11 is 0. The number of rotatable bonds is 5. The number of furan rings is 2. The molecule has 5 nitrogen and oxygen atoms in total. The molecule has 1 saturated heterocycles. The molecule has 1 unspecified atom stereocenters. The minimum atomic E-state index is -0.284. The van der Waals surface area contributed by atoms with Crippen LogP contribution in [0.5, 0.6) is 0 Å². The van der Waals surface area contributed by atoms with Gasteiger partial charge in [-0.3, -0.25) is 9.63 Å². The van der Waals surface area contributed by atoms with Gasteiger partial charge in [-0.2, -0.15) is 5.06 Å². The highest BCUT2D eigenvalue weighted by Crippen LogP contribution is 2.16. The van der Waals surface area contributed by atoms with Crippen molar-refractivity contribution >= 4 is 17.1 Å². The number of amides is 1. The smallest absolute Gasteiger partial charge is 0.239 e. The topological polar surface area (TPSA) is 54.7 Å². The van der Waals surface area contributed by atoms with Gasteiger partial charge in [0.2, 0.25) is 5.91 Å². The van der Waals surface area contributed by atoms with Crippen LogP contribution >= 0.6 is 0 Å². The zero-order valence-electron chi connectivity index (χ0n) is 14.1. The lowest BCUT2D eigenvalue weighted by Gasteiger charge is -2.25. The fraction of sp³-hybridized carbons (Fsp3) is 0.316. The summed E-state index contributed by atoms with van der Waals surface area (Å²) in [5.41, 5.74) is 2.73. The lowest BCUT2D eigenvalue weighted by molar-refractivity contribution is -0.190. The molecule has 132 valence electrons.